The lowest BCUT2D eigenvalue weighted by atomic mass is 9.91. The van der Waals surface area contributed by atoms with E-state index in [1.54, 1.807) is 12.1 Å². The number of esters is 1. The van der Waals surface area contributed by atoms with Crippen LogP contribution in [0.5, 0.6) is 5.75 Å². The largest absolute Gasteiger partial charge is 0.423 e. The first-order valence-corrected chi connectivity index (χ1v) is 6.62. The van der Waals surface area contributed by atoms with Gasteiger partial charge in [0.2, 0.25) is 0 Å². The van der Waals surface area contributed by atoms with Crippen molar-refractivity contribution in [3.8, 4) is 5.75 Å². The molecule has 0 spiro atoms. The van der Waals surface area contributed by atoms with Gasteiger partial charge in [0, 0.05) is 23.1 Å². The monoisotopic (exact) mass is 270 g/mol. The Hall–Kier alpha value is -2.36. The van der Waals surface area contributed by atoms with E-state index in [1.807, 2.05) is 6.07 Å². The first kappa shape index (κ1) is 12.7. The SMILES string of the molecule is C=CC(=O)Oc1ccc2c3c(c(=O)oc2c1)CCCC3. The zero-order valence-electron chi connectivity index (χ0n) is 11.0. The summed E-state index contributed by atoms with van der Waals surface area (Å²) in [5, 5.41) is 0.928. The van der Waals surface area contributed by atoms with Crippen molar-refractivity contribution in [2.24, 2.45) is 0 Å². The summed E-state index contributed by atoms with van der Waals surface area (Å²) in [5.74, 6) is -0.189. The first-order chi connectivity index (χ1) is 9.69. The van der Waals surface area contributed by atoms with Crippen molar-refractivity contribution < 1.29 is 13.9 Å². The molecule has 20 heavy (non-hydrogen) atoms. The van der Waals surface area contributed by atoms with Crippen LogP contribution in [0, 0.1) is 0 Å². The molecule has 1 aliphatic rings. The van der Waals surface area contributed by atoms with Crippen molar-refractivity contribution >= 4 is 16.9 Å². The maximum Gasteiger partial charge on any atom is 0.339 e. The van der Waals surface area contributed by atoms with E-state index in [9.17, 15) is 9.59 Å². The maximum absolute atomic E-state index is 12.0. The predicted molar refractivity (Wildman–Crippen MR) is 75.0 cm³/mol. The van der Waals surface area contributed by atoms with Crippen LogP contribution in [0.3, 0.4) is 0 Å². The van der Waals surface area contributed by atoms with E-state index < -0.39 is 5.97 Å². The summed E-state index contributed by atoms with van der Waals surface area (Å²) in [6.45, 7) is 3.34. The Bertz CT molecular complexity index is 755. The zero-order valence-corrected chi connectivity index (χ0v) is 11.0. The number of aryl methyl sites for hydroxylation is 1. The van der Waals surface area contributed by atoms with Crippen LogP contribution in [0.25, 0.3) is 11.0 Å². The maximum atomic E-state index is 12.0. The highest BCUT2D eigenvalue weighted by Crippen LogP contribution is 2.29. The van der Waals surface area contributed by atoms with Gasteiger partial charge >= 0.3 is 11.6 Å². The predicted octanol–water partition coefficient (Wildman–Crippen LogP) is 2.76. The van der Waals surface area contributed by atoms with Gasteiger partial charge in [0.25, 0.3) is 0 Å². The van der Waals surface area contributed by atoms with Crippen LogP contribution in [0.1, 0.15) is 24.0 Å². The Morgan fingerprint density at radius 1 is 1.25 bits per heavy atom. The highest BCUT2D eigenvalue weighted by molar-refractivity contribution is 5.86. The highest BCUT2D eigenvalue weighted by atomic mass is 16.5. The zero-order chi connectivity index (χ0) is 14.1. The van der Waals surface area contributed by atoms with Gasteiger partial charge in [0.1, 0.15) is 11.3 Å². The quantitative estimate of drug-likeness (QED) is 0.364. The average molecular weight is 270 g/mol. The molecule has 0 aliphatic heterocycles. The summed E-state index contributed by atoms with van der Waals surface area (Å²) in [5.41, 5.74) is 2.05. The fourth-order valence-electron chi connectivity index (χ4n) is 2.65. The van der Waals surface area contributed by atoms with E-state index in [2.05, 4.69) is 6.58 Å². The van der Waals surface area contributed by atoms with Crippen molar-refractivity contribution in [1.29, 1.82) is 0 Å². The summed E-state index contributed by atoms with van der Waals surface area (Å²) in [4.78, 5) is 23.2. The molecule has 4 nitrogen and oxygen atoms in total. The molecular formula is C16H14O4. The van der Waals surface area contributed by atoms with Gasteiger partial charge in [0.05, 0.1) is 0 Å². The van der Waals surface area contributed by atoms with Gasteiger partial charge in [-0.05, 0) is 43.4 Å². The van der Waals surface area contributed by atoms with Crippen molar-refractivity contribution in [1.82, 2.24) is 0 Å². The van der Waals surface area contributed by atoms with Crippen LogP contribution in [-0.4, -0.2) is 5.97 Å². The topological polar surface area (TPSA) is 56.5 Å². The summed E-state index contributed by atoms with van der Waals surface area (Å²) < 4.78 is 10.4. The van der Waals surface area contributed by atoms with E-state index in [-0.39, 0.29) is 5.63 Å². The molecule has 4 heteroatoms. The minimum atomic E-state index is -0.537. The van der Waals surface area contributed by atoms with Gasteiger partial charge in [-0.1, -0.05) is 6.58 Å². The number of carbonyl (C=O) groups is 1. The Balaban J connectivity index is 2.14. The summed E-state index contributed by atoms with van der Waals surface area (Å²) in [6.07, 6.45) is 4.87. The number of fused-ring (bicyclic) bond motifs is 3. The minimum Gasteiger partial charge on any atom is -0.423 e. The van der Waals surface area contributed by atoms with Crippen molar-refractivity contribution in [3.63, 3.8) is 0 Å². The molecule has 0 N–H and O–H groups in total. The van der Waals surface area contributed by atoms with Crippen LogP contribution >= 0.6 is 0 Å². The molecule has 2 aromatic rings. The molecule has 0 fully saturated rings. The molecule has 0 bridgehead atoms. The molecule has 0 amide bonds. The van der Waals surface area contributed by atoms with Crippen LogP contribution in [0.15, 0.2) is 40.1 Å². The number of carbonyl (C=O) groups excluding carboxylic acids is 1. The molecule has 1 aliphatic carbocycles. The van der Waals surface area contributed by atoms with E-state index in [0.717, 1.165) is 48.3 Å². The molecule has 0 saturated heterocycles. The molecular weight excluding hydrogens is 256 g/mol. The van der Waals surface area contributed by atoms with E-state index >= 15 is 0 Å². The van der Waals surface area contributed by atoms with Gasteiger partial charge in [0.15, 0.2) is 0 Å². The lowest BCUT2D eigenvalue weighted by Gasteiger charge is -2.16. The van der Waals surface area contributed by atoms with Crippen molar-refractivity contribution in [3.05, 3.63) is 52.4 Å². The van der Waals surface area contributed by atoms with Gasteiger partial charge in [-0.25, -0.2) is 9.59 Å². The van der Waals surface area contributed by atoms with Gasteiger partial charge < -0.3 is 9.15 Å². The smallest absolute Gasteiger partial charge is 0.339 e. The number of ether oxygens (including phenoxy) is 1. The van der Waals surface area contributed by atoms with Gasteiger partial charge in [-0.2, -0.15) is 0 Å². The third-order valence-electron chi connectivity index (χ3n) is 3.58. The molecule has 0 unspecified atom stereocenters. The molecule has 1 aromatic heterocycles. The lowest BCUT2D eigenvalue weighted by Crippen LogP contribution is -2.15. The third kappa shape index (κ3) is 2.13. The second-order valence-electron chi connectivity index (χ2n) is 4.84. The highest BCUT2D eigenvalue weighted by Gasteiger charge is 2.18. The molecule has 102 valence electrons. The van der Waals surface area contributed by atoms with E-state index in [4.69, 9.17) is 9.15 Å². The van der Waals surface area contributed by atoms with Gasteiger partial charge in [-0.3, -0.25) is 0 Å². The standard InChI is InChI=1S/C16H14O4/c1-2-15(17)19-10-7-8-12-11-5-3-4-6-13(11)16(18)20-14(12)9-10/h2,7-9H,1,3-6H2. The molecule has 3 rings (SSSR count). The molecule has 0 radical (unpaired) electrons. The molecule has 0 atom stereocenters. The Labute approximate surface area is 115 Å². The second-order valence-corrected chi connectivity index (χ2v) is 4.84. The molecule has 0 saturated carbocycles. The fraction of sp³-hybridized carbons (Fsp3) is 0.250. The Morgan fingerprint density at radius 2 is 2.00 bits per heavy atom. The third-order valence-corrected chi connectivity index (χ3v) is 3.58. The average Bonchev–Trinajstić information content (AvgIpc) is 2.47. The minimum absolute atomic E-state index is 0.278. The van der Waals surface area contributed by atoms with Crippen LogP contribution in [-0.2, 0) is 17.6 Å². The van der Waals surface area contributed by atoms with Crippen LogP contribution < -0.4 is 10.4 Å². The fourth-order valence-corrected chi connectivity index (χ4v) is 2.65. The number of rotatable bonds is 2. The van der Waals surface area contributed by atoms with Crippen LogP contribution in [0.2, 0.25) is 0 Å². The summed E-state index contributed by atoms with van der Waals surface area (Å²) in [6, 6.07) is 5.12. The van der Waals surface area contributed by atoms with Crippen molar-refractivity contribution in [2.45, 2.75) is 25.7 Å². The molecule has 1 aromatic carbocycles. The molecule has 1 heterocycles. The number of hydrogen-bond donors (Lipinski definition) is 0. The number of benzene rings is 1. The summed E-state index contributed by atoms with van der Waals surface area (Å²) >= 11 is 0. The normalized spacial score (nSPS) is 13.8. The lowest BCUT2D eigenvalue weighted by molar-refractivity contribution is -0.128. The van der Waals surface area contributed by atoms with E-state index in [1.165, 1.54) is 0 Å². The Morgan fingerprint density at radius 3 is 2.75 bits per heavy atom. The Kier molecular flexibility index (Phi) is 3.14. The first-order valence-electron chi connectivity index (χ1n) is 6.62. The van der Waals surface area contributed by atoms with Crippen molar-refractivity contribution in [2.75, 3.05) is 0 Å². The van der Waals surface area contributed by atoms with Gasteiger partial charge in [-0.15, -0.1) is 0 Å². The number of hydrogen-bond acceptors (Lipinski definition) is 4. The van der Waals surface area contributed by atoms with E-state index in [0.29, 0.717) is 11.3 Å². The van der Waals surface area contributed by atoms with Crippen LogP contribution in [0.4, 0.5) is 0 Å². The second kappa shape index (κ2) is 4.96. The summed E-state index contributed by atoms with van der Waals surface area (Å²) in [7, 11) is 0.